The second kappa shape index (κ2) is 6.72. The number of pyridine rings is 1. The molecule has 24 heavy (non-hydrogen) atoms. The third kappa shape index (κ3) is 2.96. The van der Waals surface area contributed by atoms with E-state index >= 15 is 0 Å². The van der Waals surface area contributed by atoms with Crippen LogP contribution in [0.15, 0.2) is 54.6 Å². The molecule has 0 saturated carbocycles. The monoisotopic (exact) mass is 316 g/mol. The Morgan fingerprint density at radius 2 is 1.75 bits per heavy atom. The zero-order valence-corrected chi connectivity index (χ0v) is 14.2. The van der Waals surface area contributed by atoms with Gasteiger partial charge in [-0.25, -0.2) is 4.98 Å². The summed E-state index contributed by atoms with van der Waals surface area (Å²) in [6, 6.07) is 20.8. The second-order valence-corrected chi connectivity index (χ2v) is 6.21. The molecule has 0 amide bonds. The van der Waals surface area contributed by atoms with Gasteiger partial charge in [0.25, 0.3) is 0 Å². The van der Waals surface area contributed by atoms with Crippen LogP contribution >= 0.6 is 0 Å². The highest BCUT2D eigenvalue weighted by Crippen LogP contribution is 2.33. The van der Waals surface area contributed by atoms with E-state index in [0.29, 0.717) is 5.88 Å². The molecule has 0 spiro atoms. The second-order valence-electron chi connectivity index (χ2n) is 6.21. The van der Waals surface area contributed by atoms with E-state index in [1.165, 1.54) is 10.8 Å². The van der Waals surface area contributed by atoms with Crippen molar-refractivity contribution in [2.75, 3.05) is 7.11 Å². The summed E-state index contributed by atoms with van der Waals surface area (Å²) in [6.45, 7) is 4.06. The number of ether oxygens (including phenoxy) is 1. The molecule has 3 rings (SSSR count). The van der Waals surface area contributed by atoms with Crippen LogP contribution in [-0.2, 0) is 0 Å². The summed E-state index contributed by atoms with van der Waals surface area (Å²) in [4.78, 5) is 4.65. The van der Waals surface area contributed by atoms with E-state index in [0.717, 1.165) is 16.8 Å². The van der Waals surface area contributed by atoms with E-state index in [-0.39, 0.29) is 11.8 Å². The number of hydrogen-bond donors (Lipinski definition) is 0. The Morgan fingerprint density at radius 1 is 1.00 bits per heavy atom. The number of methoxy groups -OCH3 is 1. The molecule has 0 saturated heterocycles. The minimum absolute atomic E-state index is 0.206. The average molecular weight is 316 g/mol. The first-order valence-corrected chi connectivity index (χ1v) is 8.07. The third-order valence-electron chi connectivity index (χ3n) is 4.27. The van der Waals surface area contributed by atoms with Gasteiger partial charge in [-0.05, 0) is 28.8 Å². The maximum Gasteiger partial charge on any atom is 0.218 e. The first-order chi connectivity index (χ1) is 11.6. The van der Waals surface area contributed by atoms with Gasteiger partial charge in [-0.3, -0.25) is 0 Å². The zero-order chi connectivity index (χ0) is 17.1. The van der Waals surface area contributed by atoms with Crippen molar-refractivity contribution in [1.82, 2.24) is 4.98 Å². The van der Waals surface area contributed by atoms with Crippen molar-refractivity contribution >= 4 is 10.8 Å². The molecule has 1 heterocycles. The van der Waals surface area contributed by atoms with Gasteiger partial charge in [0.15, 0.2) is 0 Å². The lowest BCUT2D eigenvalue weighted by molar-refractivity contribution is 0.387. The molecule has 0 bridgehead atoms. The van der Waals surface area contributed by atoms with Gasteiger partial charge in [0.2, 0.25) is 5.88 Å². The van der Waals surface area contributed by atoms with Gasteiger partial charge in [-0.2, -0.15) is 5.26 Å². The van der Waals surface area contributed by atoms with Crippen molar-refractivity contribution in [3.8, 4) is 23.2 Å². The topological polar surface area (TPSA) is 45.9 Å². The molecule has 0 fully saturated rings. The molecular weight excluding hydrogens is 296 g/mol. The van der Waals surface area contributed by atoms with Gasteiger partial charge in [0.05, 0.1) is 24.8 Å². The molecule has 0 aliphatic carbocycles. The molecule has 1 unspecified atom stereocenters. The Kier molecular flexibility index (Phi) is 4.48. The molecule has 3 aromatic rings. The van der Waals surface area contributed by atoms with Crippen LogP contribution in [0.3, 0.4) is 0 Å². The summed E-state index contributed by atoms with van der Waals surface area (Å²) in [5.74, 6) is 0.510. The minimum atomic E-state index is -0.224. The highest BCUT2D eigenvalue weighted by atomic mass is 16.5. The van der Waals surface area contributed by atoms with Gasteiger partial charge >= 0.3 is 0 Å². The first kappa shape index (κ1) is 16.0. The van der Waals surface area contributed by atoms with Gasteiger partial charge in [0, 0.05) is 11.1 Å². The Balaban J connectivity index is 2.07. The molecule has 120 valence electrons. The van der Waals surface area contributed by atoms with Crippen molar-refractivity contribution in [2.24, 2.45) is 5.92 Å². The van der Waals surface area contributed by atoms with Crippen LogP contribution in [-0.4, -0.2) is 12.1 Å². The van der Waals surface area contributed by atoms with Gasteiger partial charge in [-0.1, -0.05) is 56.3 Å². The smallest absolute Gasteiger partial charge is 0.218 e. The number of nitriles is 1. The number of aromatic nitrogens is 1. The molecule has 0 N–H and O–H groups in total. The summed E-state index contributed by atoms with van der Waals surface area (Å²) < 4.78 is 5.47. The summed E-state index contributed by atoms with van der Waals surface area (Å²) in [6.07, 6.45) is 0. The third-order valence-corrected chi connectivity index (χ3v) is 4.27. The Morgan fingerprint density at radius 3 is 2.42 bits per heavy atom. The lowest BCUT2D eigenvalue weighted by atomic mass is 9.90. The van der Waals surface area contributed by atoms with E-state index in [1.54, 1.807) is 7.11 Å². The Bertz CT molecular complexity index is 909. The number of benzene rings is 2. The molecule has 3 heteroatoms. The van der Waals surface area contributed by atoms with Crippen LogP contribution in [0.2, 0.25) is 0 Å². The summed E-state index contributed by atoms with van der Waals surface area (Å²) in [7, 11) is 1.60. The maximum absolute atomic E-state index is 9.44. The van der Waals surface area contributed by atoms with Crippen LogP contribution < -0.4 is 4.74 Å². The quantitative estimate of drug-likeness (QED) is 0.666. The van der Waals surface area contributed by atoms with Gasteiger partial charge in [-0.15, -0.1) is 0 Å². The van der Waals surface area contributed by atoms with E-state index in [4.69, 9.17) is 4.74 Å². The van der Waals surface area contributed by atoms with Gasteiger partial charge in [0.1, 0.15) is 0 Å². The fourth-order valence-corrected chi connectivity index (χ4v) is 2.94. The first-order valence-electron chi connectivity index (χ1n) is 8.07. The Labute approximate surface area is 142 Å². The summed E-state index contributed by atoms with van der Waals surface area (Å²) >= 11 is 0. The van der Waals surface area contributed by atoms with Gasteiger partial charge < -0.3 is 4.74 Å². The van der Waals surface area contributed by atoms with E-state index in [1.807, 2.05) is 38.1 Å². The van der Waals surface area contributed by atoms with Crippen LogP contribution in [0.5, 0.6) is 5.88 Å². The Hall–Kier alpha value is -2.86. The van der Waals surface area contributed by atoms with E-state index in [2.05, 4.69) is 41.4 Å². The fourth-order valence-electron chi connectivity index (χ4n) is 2.94. The number of rotatable bonds is 4. The average Bonchev–Trinajstić information content (AvgIpc) is 2.61. The van der Waals surface area contributed by atoms with E-state index in [9.17, 15) is 5.26 Å². The normalized spacial score (nSPS) is 12.1. The highest BCUT2D eigenvalue weighted by molar-refractivity contribution is 5.86. The molecule has 0 aliphatic heterocycles. The minimum Gasteiger partial charge on any atom is -0.481 e. The molecule has 1 aromatic heterocycles. The van der Waals surface area contributed by atoms with Crippen molar-refractivity contribution in [3.05, 3.63) is 60.2 Å². The predicted octanol–water partition coefficient (Wildman–Crippen LogP) is 5.17. The van der Waals surface area contributed by atoms with Crippen molar-refractivity contribution < 1.29 is 4.74 Å². The van der Waals surface area contributed by atoms with Crippen LogP contribution in [0, 0.1) is 17.2 Å². The molecular formula is C21H20N2O. The van der Waals surface area contributed by atoms with E-state index < -0.39 is 0 Å². The number of nitrogens with zero attached hydrogens (tertiary/aromatic N) is 2. The standard InChI is InChI=1S/C21H20N2O/c1-14(2)19(13-22)18-10-11-20(23-21(18)24-3)17-9-8-15-6-4-5-7-16(15)12-17/h4-12,14,19H,1-3H3. The highest BCUT2D eigenvalue weighted by Gasteiger charge is 2.21. The largest absolute Gasteiger partial charge is 0.481 e. The summed E-state index contributed by atoms with van der Waals surface area (Å²) in [5.41, 5.74) is 2.73. The number of hydrogen-bond acceptors (Lipinski definition) is 3. The van der Waals surface area contributed by atoms with Crippen LogP contribution in [0.4, 0.5) is 0 Å². The predicted molar refractivity (Wildman–Crippen MR) is 96.9 cm³/mol. The summed E-state index contributed by atoms with van der Waals surface area (Å²) in [5, 5.41) is 11.8. The van der Waals surface area contributed by atoms with Crippen molar-refractivity contribution in [2.45, 2.75) is 19.8 Å². The SMILES string of the molecule is COc1nc(-c2ccc3ccccc3c2)ccc1C(C#N)C(C)C. The maximum atomic E-state index is 9.44. The lowest BCUT2D eigenvalue weighted by Crippen LogP contribution is -2.07. The molecule has 2 aromatic carbocycles. The molecule has 1 atom stereocenters. The lowest BCUT2D eigenvalue weighted by Gasteiger charge is -2.16. The molecule has 0 radical (unpaired) electrons. The zero-order valence-electron chi connectivity index (χ0n) is 14.2. The van der Waals surface area contributed by atoms with Crippen LogP contribution in [0.1, 0.15) is 25.3 Å². The molecule has 0 aliphatic rings. The van der Waals surface area contributed by atoms with Crippen molar-refractivity contribution in [1.29, 1.82) is 5.26 Å². The fraction of sp³-hybridized carbons (Fsp3) is 0.238. The van der Waals surface area contributed by atoms with Crippen LogP contribution in [0.25, 0.3) is 22.0 Å². The number of fused-ring (bicyclic) bond motifs is 1. The van der Waals surface area contributed by atoms with Crippen molar-refractivity contribution in [3.63, 3.8) is 0 Å². The molecule has 3 nitrogen and oxygen atoms in total.